The van der Waals surface area contributed by atoms with Gasteiger partial charge in [-0.05, 0) is 48.9 Å². The molecule has 0 heteroatoms. The normalized spacial score (nSPS) is 44.8. The standard InChI is InChI=1S/C12H22/c1-4-9-5-6-10-7-8-11(9)12(10,2)3/h9-11H,4-8H2,1-3H3. The fraction of sp³-hybridized carbons (Fsp3) is 1.00. The number of rotatable bonds is 1. The molecule has 2 rings (SSSR count). The number of fused-ring (bicyclic) bond motifs is 2. The van der Waals surface area contributed by atoms with Gasteiger partial charge in [-0.3, -0.25) is 0 Å². The van der Waals surface area contributed by atoms with Crippen LogP contribution in [0.2, 0.25) is 0 Å². The van der Waals surface area contributed by atoms with Crippen LogP contribution in [-0.4, -0.2) is 0 Å². The quantitative estimate of drug-likeness (QED) is 0.555. The van der Waals surface area contributed by atoms with Crippen molar-refractivity contribution in [1.82, 2.24) is 0 Å². The molecule has 0 amide bonds. The van der Waals surface area contributed by atoms with E-state index in [2.05, 4.69) is 20.8 Å². The molecule has 2 saturated carbocycles. The lowest BCUT2D eigenvalue weighted by Crippen LogP contribution is -2.34. The number of hydrogen-bond donors (Lipinski definition) is 0. The van der Waals surface area contributed by atoms with Crippen molar-refractivity contribution in [2.45, 2.75) is 52.9 Å². The molecule has 0 aromatic heterocycles. The highest BCUT2D eigenvalue weighted by molar-refractivity contribution is 4.98. The Bertz CT molecular complexity index is 169. The summed E-state index contributed by atoms with van der Waals surface area (Å²) in [6, 6.07) is 0. The van der Waals surface area contributed by atoms with Crippen LogP contribution in [0, 0.1) is 23.2 Å². The maximum atomic E-state index is 2.51. The first-order chi connectivity index (χ1) is 5.66. The second-order valence-electron chi connectivity index (χ2n) is 5.45. The summed E-state index contributed by atoms with van der Waals surface area (Å²) in [5.74, 6) is 3.17. The van der Waals surface area contributed by atoms with Gasteiger partial charge >= 0.3 is 0 Å². The van der Waals surface area contributed by atoms with E-state index in [1.54, 1.807) is 0 Å². The van der Waals surface area contributed by atoms with Gasteiger partial charge in [0.1, 0.15) is 0 Å². The second-order valence-corrected chi connectivity index (χ2v) is 5.45. The molecule has 0 aliphatic heterocycles. The Morgan fingerprint density at radius 1 is 1.08 bits per heavy atom. The molecule has 0 aromatic rings. The molecular formula is C12H22. The maximum Gasteiger partial charge on any atom is -0.0295 e. The molecule has 12 heavy (non-hydrogen) atoms. The lowest BCUT2D eigenvalue weighted by molar-refractivity contribution is 0.0686. The van der Waals surface area contributed by atoms with Crippen LogP contribution in [-0.2, 0) is 0 Å². The minimum Gasteiger partial charge on any atom is -0.0651 e. The predicted molar refractivity (Wildman–Crippen MR) is 53.0 cm³/mol. The van der Waals surface area contributed by atoms with E-state index in [0.717, 1.165) is 17.8 Å². The Kier molecular flexibility index (Phi) is 1.97. The highest BCUT2D eigenvalue weighted by Crippen LogP contribution is 2.57. The first-order valence-corrected chi connectivity index (χ1v) is 5.66. The van der Waals surface area contributed by atoms with Crippen molar-refractivity contribution in [3.8, 4) is 0 Å². The van der Waals surface area contributed by atoms with Crippen molar-refractivity contribution in [2.24, 2.45) is 23.2 Å². The molecule has 0 nitrogen and oxygen atoms in total. The van der Waals surface area contributed by atoms with Gasteiger partial charge in [0.25, 0.3) is 0 Å². The summed E-state index contributed by atoms with van der Waals surface area (Å²) in [4.78, 5) is 0. The summed E-state index contributed by atoms with van der Waals surface area (Å²) in [6.07, 6.45) is 7.50. The molecule has 0 N–H and O–H groups in total. The highest BCUT2D eigenvalue weighted by atomic mass is 14.5. The van der Waals surface area contributed by atoms with Crippen LogP contribution in [0.1, 0.15) is 52.9 Å². The van der Waals surface area contributed by atoms with E-state index in [0.29, 0.717) is 5.41 Å². The van der Waals surface area contributed by atoms with Crippen molar-refractivity contribution in [1.29, 1.82) is 0 Å². The summed E-state index contributed by atoms with van der Waals surface area (Å²) in [5, 5.41) is 0. The zero-order valence-electron chi connectivity index (χ0n) is 8.77. The average molecular weight is 166 g/mol. The van der Waals surface area contributed by atoms with Gasteiger partial charge in [-0.1, -0.05) is 27.2 Å². The summed E-state index contributed by atoms with van der Waals surface area (Å²) in [6.45, 7) is 7.40. The van der Waals surface area contributed by atoms with E-state index in [1.165, 1.54) is 32.1 Å². The summed E-state index contributed by atoms with van der Waals surface area (Å²) >= 11 is 0. The van der Waals surface area contributed by atoms with E-state index in [1.807, 2.05) is 0 Å². The maximum absolute atomic E-state index is 2.51. The lowest BCUT2D eigenvalue weighted by Gasteiger charge is -2.42. The van der Waals surface area contributed by atoms with Gasteiger partial charge in [-0.15, -0.1) is 0 Å². The average Bonchev–Trinajstić information content (AvgIpc) is 2.24. The molecular weight excluding hydrogens is 144 g/mol. The Morgan fingerprint density at radius 3 is 2.42 bits per heavy atom. The van der Waals surface area contributed by atoms with Crippen molar-refractivity contribution in [3.05, 3.63) is 0 Å². The van der Waals surface area contributed by atoms with E-state index in [-0.39, 0.29) is 0 Å². The fourth-order valence-electron chi connectivity index (χ4n) is 3.89. The lowest BCUT2D eigenvalue weighted by atomic mass is 9.63. The Morgan fingerprint density at radius 2 is 1.75 bits per heavy atom. The van der Waals surface area contributed by atoms with Gasteiger partial charge in [0.05, 0.1) is 0 Å². The first-order valence-electron chi connectivity index (χ1n) is 5.66. The first kappa shape index (κ1) is 8.59. The molecule has 0 radical (unpaired) electrons. The third-order valence-corrected chi connectivity index (χ3v) is 4.81. The molecule has 0 heterocycles. The van der Waals surface area contributed by atoms with Gasteiger partial charge in [0.15, 0.2) is 0 Å². The van der Waals surface area contributed by atoms with Crippen LogP contribution in [0.25, 0.3) is 0 Å². The third-order valence-electron chi connectivity index (χ3n) is 4.81. The topological polar surface area (TPSA) is 0 Å². The molecule has 2 aliphatic rings. The molecule has 70 valence electrons. The van der Waals surface area contributed by atoms with Crippen LogP contribution in [0.15, 0.2) is 0 Å². The summed E-state index contributed by atoms with van der Waals surface area (Å²) in [7, 11) is 0. The summed E-state index contributed by atoms with van der Waals surface area (Å²) < 4.78 is 0. The predicted octanol–water partition coefficient (Wildman–Crippen LogP) is 3.86. The van der Waals surface area contributed by atoms with Crippen LogP contribution in [0.4, 0.5) is 0 Å². The molecule has 3 atom stereocenters. The van der Waals surface area contributed by atoms with Crippen molar-refractivity contribution in [2.75, 3.05) is 0 Å². The van der Waals surface area contributed by atoms with Gasteiger partial charge in [0.2, 0.25) is 0 Å². The van der Waals surface area contributed by atoms with Gasteiger partial charge in [-0.2, -0.15) is 0 Å². The zero-order valence-corrected chi connectivity index (χ0v) is 8.77. The smallest absolute Gasteiger partial charge is 0.0295 e. The van der Waals surface area contributed by atoms with Crippen molar-refractivity contribution in [3.63, 3.8) is 0 Å². The molecule has 0 aromatic carbocycles. The minimum absolute atomic E-state index is 0.679. The van der Waals surface area contributed by atoms with Gasteiger partial charge in [0, 0.05) is 0 Å². The highest BCUT2D eigenvalue weighted by Gasteiger charge is 2.48. The van der Waals surface area contributed by atoms with E-state index in [9.17, 15) is 0 Å². The fourth-order valence-corrected chi connectivity index (χ4v) is 3.89. The third kappa shape index (κ3) is 1.03. The Balaban J connectivity index is 2.19. The van der Waals surface area contributed by atoms with Gasteiger partial charge < -0.3 is 0 Å². The van der Waals surface area contributed by atoms with E-state index in [4.69, 9.17) is 0 Å². The second kappa shape index (κ2) is 2.75. The van der Waals surface area contributed by atoms with Crippen LogP contribution in [0.3, 0.4) is 0 Å². The number of hydrogen-bond acceptors (Lipinski definition) is 0. The monoisotopic (exact) mass is 166 g/mol. The Labute approximate surface area is 76.7 Å². The summed E-state index contributed by atoms with van der Waals surface area (Å²) in [5.41, 5.74) is 0.679. The van der Waals surface area contributed by atoms with E-state index >= 15 is 0 Å². The van der Waals surface area contributed by atoms with Crippen LogP contribution >= 0.6 is 0 Å². The minimum atomic E-state index is 0.679. The largest absolute Gasteiger partial charge is 0.0651 e. The molecule has 0 saturated heterocycles. The molecule has 2 bridgehead atoms. The zero-order chi connectivity index (χ0) is 8.77. The molecule has 2 fully saturated rings. The van der Waals surface area contributed by atoms with E-state index < -0.39 is 0 Å². The molecule has 2 aliphatic carbocycles. The molecule has 0 spiro atoms. The van der Waals surface area contributed by atoms with Crippen LogP contribution < -0.4 is 0 Å². The SMILES string of the molecule is CCC1CCC2CCC1C2(C)C. The molecule has 3 unspecified atom stereocenters. The van der Waals surface area contributed by atoms with Gasteiger partial charge in [-0.25, -0.2) is 0 Å². The van der Waals surface area contributed by atoms with Crippen LogP contribution in [0.5, 0.6) is 0 Å². The van der Waals surface area contributed by atoms with Crippen molar-refractivity contribution < 1.29 is 0 Å². The Hall–Kier alpha value is 0. The van der Waals surface area contributed by atoms with Crippen molar-refractivity contribution >= 4 is 0 Å².